The standard InChI is InChI=1S/C13H20N2O2S/c1-9(8-17-3)7-15-12(11-5-4-6-18-11)14-10(2)13(15)16/h4-6,9-10,12,14H,7-8H2,1-3H3. The topological polar surface area (TPSA) is 41.6 Å². The lowest BCUT2D eigenvalue weighted by molar-refractivity contribution is -0.130. The summed E-state index contributed by atoms with van der Waals surface area (Å²) in [5.74, 6) is 0.518. The minimum atomic E-state index is -0.105. The second-order valence-corrected chi connectivity index (χ2v) is 5.84. The first-order valence-corrected chi connectivity index (χ1v) is 7.10. The molecule has 2 rings (SSSR count). The molecule has 2 heterocycles. The summed E-state index contributed by atoms with van der Waals surface area (Å²) < 4.78 is 5.15. The molecule has 0 saturated carbocycles. The minimum absolute atomic E-state index is 0.0202. The number of hydrogen-bond acceptors (Lipinski definition) is 4. The molecular weight excluding hydrogens is 248 g/mol. The Kier molecular flexibility index (Phi) is 4.37. The maximum atomic E-state index is 12.2. The number of thiophene rings is 1. The SMILES string of the molecule is COCC(C)CN1C(=O)C(C)NC1c1cccs1. The second kappa shape index (κ2) is 5.82. The molecule has 1 N–H and O–H groups in total. The van der Waals surface area contributed by atoms with E-state index in [0.29, 0.717) is 12.5 Å². The van der Waals surface area contributed by atoms with Gasteiger partial charge in [-0.05, 0) is 24.3 Å². The summed E-state index contributed by atoms with van der Waals surface area (Å²) in [4.78, 5) is 15.3. The molecule has 0 bridgehead atoms. The monoisotopic (exact) mass is 268 g/mol. The summed E-state index contributed by atoms with van der Waals surface area (Å²) in [5.41, 5.74) is 0. The highest BCUT2D eigenvalue weighted by Gasteiger charge is 2.37. The van der Waals surface area contributed by atoms with Crippen molar-refractivity contribution >= 4 is 17.2 Å². The third kappa shape index (κ3) is 2.74. The first kappa shape index (κ1) is 13.5. The Balaban J connectivity index is 2.11. The van der Waals surface area contributed by atoms with E-state index in [-0.39, 0.29) is 18.1 Å². The summed E-state index contributed by atoms with van der Waals surface area (Å²) in [5, 5.41) is 5.39. The average molecular weight is 268 g/mol. The third-order valence-electron chi connectivity index (χ3n) is 3.15. The third-order valence-corrected chi connectivity index (χ3v) is 4.07. The van der Waals surface area contributed by atoms with Crippen LogP contribution in [0.2, 0.25) is 0 Å². The molecule has 4 nitrogen and oxygen atoms in total. The van der Waals surface area contributed by atoms with Gasteiger partial charge in [-0.15, -0.1) is 11.3 Å². The van der Waals surface area contributed by atoms with Crippen LogP contribution in [0, 0.1) is 5.92 Å². The number of nitrogens with one attached hydrogen (secondary N) is 1. The molecular formula is C13H20N2O2S. The molecule has 3 atom stereocenters. The van der Waals surface area contributed by atoms with E-state index >= 15 is 0 Å². The lowest BCUT2D eigenvalue weighted by Gasteiger charge is -2.26. The molecule has 0 radical (unpaired) electrons. The fourth-order valence-electron chi connectivity index (χ4n) is 2.33. The second-order valence-electron chi connectivity index (χ2n) is 4.86. The minimum Gasteiger partial charge on any atom is -0.384 e. The molecule has 0 aromatic carbocycles. The van der Waals surface area contributed by atoms with E-state index in [1.54, 1.807) is 18.4 Å². The number of carbonyl (C=O) groups excluding carboxylic acids is 1. The number of nitrogens with zero attached hydrogens (tertiary/aromatic N) is 1. The van der Waals surface area contributed by atoms with Gasteiger partial charge in [0.2, 0.25) is 5.91 Å². The Bertz CT molecular complexity index is 394. The fraction of sp³-hybridized carbons (Fsp3) is 0.615. The van der Waals surface area contributed by atoms with Gasteiger partial charge in [0.25, 0.3) is 0 Å². The van der Waals surface area contributed by atoms with Crippen molar-refractivity contribution < 1.29 is 9.53 Å². The molecule has 1 aromatic rings. The molecule has 5 heteroatoms. The van der Waals surface area contributed by atoms with Gasteiger partial charge in [-0.2, -0.15) is 0 Å². The number of carbonyl (C=O) groups is 1. The van der Waals surface area contributed by atoms with Crippen LogP contribution >= 0.6 is 11.3 Å². The molecule has 3 unspecified atom stereocenters. The molecule has 100 valence electrons. The van der Waals surface area contributed by atoms with Gasteiger partial charge in [-0.3, -0.25) is 10.1 Å². The first-order valence-electron chi connectivity index (χ1n) is 6.22. The molecule has 0 aliphatic carbocycles. The summed E-state index contributed by atoms with van der Waals surface area (Å²) >= 11 is 1.68. The fourth-order valence-corrected chi connectivity index (χ4v) is 3.12. The van der Waals surface area contributed by atoms with Crippen molar-refractivity contribution in [2.75, 3.05) is 20.3 Å². The number of amides is 1. The molecule has 18 heavy (non-hydrogen) atoms. The number of hydrogen-bond donors (Lipinski definition) is 1. The van der Waals surface area contributed by atoms with E-state index < -0.39 is 0 Å². The molecule has 1 aromatic heterocycles. The molecule has 1 fully saturated rings. The summed E-state index contributed by atoms with van der Waals surface area (Å²) in [7, 11) is 1.69. The van der Waals surface area contributed by atoms with E-state index in [2.05, 4.69) is 18.3 Å². The zero-order valence-corrected chi connectivity index (χ0v) is 11.9. The molecule has 0 spiro atoms. The van der Waals surface area contributed by atoms with Crippen LogP contribution in [0.4, 0.5) is 0 Å². The van der Waals surface area contributed by atoms with Crippen LogP contribution in [0.15, 0.2) is 17.5 Å². The maximum Gasteiger partial charge on any atom is 0.241 e. The summed E-state index contributed by atoms with van der Waals surface area (Å²) in [6, 6.07) is 3.99. The average Bonchev–Trinajstić information content (AvgIpc) is 2.93. The van der Waals surface area contributed by atoms with Gasteiger partial charge < -0.3 is 9.64 Å². The Hall–Kier alpha value is -0.910. The van der Waals surface area contributed by atoms with Gasteiger partial charge in [0, 0.05) is 18.5 Å². The Labute approximate surface area is 112 Å². The number of ether oxygens (including phenoxy) is 1. The highest BCUT2D eigenvalue weighted by Crippen LogP contribution is 2.29. The van der Waals surface area contributed by atoms with Crippen molar-refractivity contribution in [1.82, 2.24) is 10.2 Å². The predicted molar refractivity (Wildman–Crippen MR) is 72.4 cm³/mol. The maximum absolute atomic E-state index is 12.2. The van der Waals surface area contributed by atoms with Crippen LogP contribution in [0.25, 0.3) is 0 Å². The molecule has 1 amide bonds. The van der Waals surface area contributed by atoms with Gasteiger partial charge in [-0.1, -0.05) is 13.0 Å². The van der Waals surface area contributed by atoms with Crippen molar-refractivity contribution in [1.29, 1.82) is 0 Å². The summed E-state index contributed by atoms with van der Waals surface area (Å²) in [6.45, 7) is 5.43. The summed E-state index contributed by atoms with van der Waals surface area (Å²) in [6.07, 6.45) is 0.0202. The zero-order valence-electron chi connectivity index (χ0n) is 11.1. The molecule has 1 aliphatic heterocycles. The van der Waals surface area contributed by atoms with E-state index in [0.717, 1.165) is 6.54 Å². The number of methoxy groups -OCH3 is 1. The van der Waals surface area contributed by atoms with Crippen LogP contribution in [0.3, 0.4) is 0 Å². The Morgan fingerprint density at radius 3 is 3.00 bits per heavy atom. The van der Waals surface area contributed by atoms with Gasteiger partial charge >= 0.3 is 0 Å². The van der Waals surface area contributed by atoms with Crippen LogP contribution in [-0.2, 0) is 9.53 Å². The van der Waals surface area contributed by atoms with Gasteiger partial charge in [0.05, 0.1) is 12.6 Å². The van der Waals surface area contributed by atoms with Crippen molar-refractivity contribution in [3.05, 3.63) is 22.4 Å². The Morgan fingerprint density at radius 1 is 1.61 bits per heavy atom. The Morgan fingerprint density at radius 2 is 2.39 bits per heavy atom. The lowest BCUT2D eigenvalue weighted by Crippen LogP contribution is -2.35. The zero-order chi connectivity index (χ0) is 13.1. The molecule has 1 saturated heterocycles. The quantitative estimate of drug-likeness (QED) is 0.886. The predicted octanol–water partition coefficient (Wildman–Crippen LogP) is 1.85. The van der Waals surface area contributed by atoms with Gasteiger partial charge in [-0.25, -0.2) is 0 Å². The normalized spacial score (nSPS) is 25.7. The van der Waals surface area contributed by atoms with Gasteiger partial charge in [0.15, 0.2) is 0 Å². The van der Waals surface area contributed by atoms with Crippen LogP contribution in [0.5, 0.6) is 0 Å². The van der Waals surface area contributed by atoms with E-state index in [9.17, 15) is 4.79 Å². The first-order chi connectivity index (χ1) is 8.63. The van der Waals surface area contributed by atoms with Crippen molar-refractivity contribution in [3.8, 4) is 0 Å². The largest absolute Gasteiger partial charge is 0.384 e. The van der Waals surface area contributed by atoms with Crippen molar-refractivity contribution in [2.24, 2.45) is 5.92 Å². The van der Waals surface area contributed by atoms with Crippen molar-refractivity contribution in [3.63, 3.8) is 0 Å². The smallest absolute Gasteiger partial charge is 0.241 e. The van der Waals surface area contributed by atoms with E-state index in [1.165, 1.54) is 4.88 Å². The van der Waals surface area contributed by atoms with E-state index in [4.69, 9.17) is 4.74 Å². The van der Waals surface area contributed by atoms with Crippen LogP contribution < -0.4 is 5.32 Å². The highest BCUT2D eigenvalue weighted by molar-refractivity contribution is 7.10. The van der Waals surface area contributed by atoms with Crippen molar-refractivity contribution in [2.45, 2.75) is 26.1 Å². The van der Waals surface area contributed by atoms with Crippen LogP contribution in [0.1, 0.15) is 24.9 Å². The number of rotatable bonds is 5. The lowest BCUT2D eigenvalue weighted by atomic mass is 10.1. The highest BCUT2D eigenvalue weighted by atomic mass is 32.1. The van der Waals surface area contributed by atoms with Crippen LogP contribution in [-0.4, -0.2) is 37.1 Å². The molecule has 1 aliphatic rings. The van der Waals surface area contributed by atoms with E-state index in [1.807, 2.05) is 23.3 Å². The van der Waals surface area contributed by atoms with Gasteiger partial charge in [0.1, 0.15) is 6.17 Å².